The number of hydrogen-bond donors (Lipinski definition) is 1. The van der Waals surface area contributed by atoms with Crippen LogP contribution in [0.4, 0.5) is 5.69 Å². The van der Waals surface area contributed by atoms with Crippen molar-refractivity contribution in [2.75, 3.05) is 17.7 Å². The molecule has 0 aliphatic carbocycles. The Morgan fingerprint density at radius 3 is 2.36 bits per heavy atom. The molecule has 0 bridgehead atoms. The lowest BCUT2D eigenvalue weighted by atomic mass is 10.1. The number of hydrogen-bond acceptors (Lipinski definition) is 3. The molecular formula is C20H22N2O2S. The summed E-state index contributed by atoms with van der Waals surface area (Å²) in [6.07, 6.45) is 3.62. The third-order valence-electron chi connectivity index (χ3n) is 4.30. The second-order valence-corrected chi connectivity index (χ2v) is 6.99. The van der Waals surface area contributed by atoms with Gasteiger partial charge in [0.2, 0.25) is 5.91 Å². The van der Waals surface area contributed by atoms with E-state index in [9.17, 15) is 9.59 Å². The van der Waals surface area contributed by atoms with E-state index in [1.165, 1.54) is 5.56 Å². The van der Waals surface area contributed by atoms with E-state index in [4.69, 9.17) is 0 Å². The van der Waals surface area contributed by atoms with Gasteiger partial charge in [0, 0.05) is 36.5 Å². The highest BCUT2D eigenvalue weighted by molar-refractivity contribution is 7.97. The number of nitrogens with zero attached hydrogens (tertiary/aromatic N) is 1. The van der Waals surface area contributed by atoms with Crippen LogP contribution in [-0.4, -0.2) is 24.6 Å². The van der Waals surface area contributed by atoms with Gasteiger partial charge >= 0.3 is 0 Å². The van der Waals surface area contributed by atoms with E-state index in [-0.39, 0.29) is 11.8 Å². The van der Waals surface area contributed by atoms with Crippen LogP contribution >= 0.6 is 11.8 Å². The smallest absolute Gasteiger partial charge is 0.251 e. The minimum absolute atomic E-state index is 0.0745. The van der Waals surface area contributed by atoms with E-state index in [1.807, 2.05) is 53.4 Å². The average Bonchev–Trinajstić information content (AvgIpc) is 3.07. The lowest BCUT2D eigenvalue weighted by molar-refractivity contribution is -0.117. The van der Waals surface area contributed by atoms with Crippen LogP contribution < -0.4 is 10.2 Å². The first kappa shape index (κ1) is 17.5. The molecule has 5 heteroatoms. The molecule has 1 aliphatic heterocycles. The fraction of sp³-hybridized carbons (Fsp3) is 0.300. The Hall–Kier alpha value is -2.27. The second kappa shape index (κ2) is 8.21. The molecule has 0 unspecified atom stereocenters. The molecule has 2 aromatic carbocycles. The molecule has 130 valence electrons. The maximum absolute atomic E-state index is 12.2. The lowest BCUT2D eigenvalue weighted by Crippen LogP contribution is -2.24. The standard InChI is InChI=1S/C20H22N2O2S/c1-25-14-16-4-8-17(9-5-16)20(24)21-13-15-6-10-18(11-7-15)22-12-2-3-19(22)23/h4-11H,2-3,12-14H2,1H3,(H,21,24). The molecule has 0 atom stereocenters. The van der Waals surface area contributed by atoms with E-state index in [0.717, 1.165) is 30.0 Å². The largest absolute Gasteiger partial charge is 0.348 e. The molecule has 1 aliphatic rings. The molecule has 1 N–H and O–H groups in total. The molecule has 3 rings (SSSR count). The summed E-state index contributed by atoms with van der Waals surface area (Å²) < 4.78 is 0. The highest BCUT2D eigenvalue weighted by atomic mass is 32.2. The number of carbonyl (C=O) groups excluding carboxylic acids is 2. The fourth-order valence-corrected chi connectivity index (χ4v) is 3.44. The molecule has 0 aromatic heterocycles. The van der Waals surface area contributed by atoms with Crippen molar-refractivity contribution in [2.24, 2.45) is 0 Å². The second-order valence-electron chi connectivity index (χ2n) is 6.13. The summed E-state index contributed by atoms with van der Waals surface area (Å²) in [6, 6.07) is 15.5. The molecule has 4 nitrogen and oxygen atoms in total. The maximum atomic E-state index is 12.2. The molecular weight excluding hydrogens is 332 g/mol. The normalized spacial score (nSPS) is 14.0. The quantitative estimate of drug-likeness (QED) is 0.862. The first-order chi connectivity index (χ1) is 12.2. The van der Waals surface area contributed by atoms with Gasteiger partial charge < -0.3 is 10.2 Å². The van der Waals surface area contributed by atoms with Crippen LogP contribution in [0.1, 0.15) is 34.3 Å². The van der Waals surface area contributed by atoms with Crippen molar-refractivity contribution in [1.82, 2.24) is 5.32 Å². The Balaban J connectivity index is 1.55. The van der Waals surface area contributed by atoms with E-state index in [1.54, 1.807) is 11.8 Å². The number of anilines is 1. The molecule has 1 saturated heterocycles. The van der Waals surface area contributed by atoms with Gasteiger partial charge in [-0.15, -0.1) is 0 Å². The highest BCUT2D eigenvalue weighted by Crippen LogP contribution is 2.21. The Labute approximate surface area is 152 Å². The monoisotopic (exact) mass is 354 g/mol. The summed E-state index contributed by atoms with van der Waals surface area (Å²) in [5.74, 6) is 1.06. The predicted octanol–water partition coefficient (Wildman–Crippen LogP) is 3.61. The van der Waals surface area contributed by atoms with Crippen molar-refractivity contribution in [1.29, 1.82) is 0 Å². The summed E-state index contributed by atoms with van der Waals surface area (Å²) >= 11 is 1.76. The highest BCUT2D eigenvalue weighted by Gasteiger charge is 2.21. The van der Waals surface area contributed by atoms with Crippen molar-refractivity contribution < 1.29 is 9.59 Å². The average molecular weight is 354 g/mol. The maximum Gasteiger partial charge on any atom is 0.251 e. The Bertz CT molecular complexity index is 741. The van der Waals surface area contributed by atoms with Crippen molar-refractivity contribution in [2.45, 2.75) is 25.1 Å². The van der Waals surface area contributed by atoms with Crippen LogP contribution in [0.3, 0.4) is 0 Å². The zero-order chi connectivity index (χ0) is 17.6. The van der Waals surface area contributed by atoms with E-state index in [2.05, 4.69) is 11.6 Å². The molecule has 1 fully saturated rings. The van der Waals surface area contributed by atoms with Gasteiger partial charge in [-0.3, -0.25) is 9.59 Å². The number of thioether (sulfide) groups is 1. The Morgan fingerprint density at radius 1 is 1.08 bits per heavy atom. The van der Waals surface area contributed by atoms with Crippen LogP contribution in [0.2, 0.25) is 0 Å². The molecule has 25 heavy (non-hydrogen) atoms. The molecule has 2 amide bonds. The Morgan fingerprint density at radius 2 is 1.76 bits per heavy atom. The first-order valence-corrected chi connectivity index (χ1v) is 9.82. The van der Waals surface area contributed by atoms with Crippen molar-refractivity contribution in [3.05, 3.63) is 65.2 Å². The van der Waals surface area contributed by atoms with Crippen LogP contribution in [0.15, 0.2) is 48.5 Å². The van der Waals surface area contributed by atoms with Gasteiger partial charge in [-0.2, -0.15) is 11.8 Å². The zero-order valence-corrected chi connectivity index (χ0v) is 15.1. The van der Waals surface area contributed by atoms with E-state index in [0.29, 0.717) is 18.5 Å². The molecule has 2 aromatic rings. The number of benzene rings is 2. The van der Waals surface area contributed by atoms with Gasteiger partial charge in [-0.05, 0) is 48.1 Å². The van der Waals surface area contributed by atoms with Crippen LogP contribution in [-0.2, 0) is 17.1 Å². The third-order valence-corrected chi connectivity index (χ3v) is 4.92. The first-order valence-electron chi connectivity index (χ1n) is 8.43. The summed E-state index contributed by atoms with van der Waals surface area (Å²) in [5.41, 5.74) is 3.84. The minimum Gasteiger partial charge on any atom is -0.348 e. The van der Waals surface area contributed by atoms with Crippen molar-refractivity contribution >= 4 is 29.3 Å². The number of rotatable bonds is 6. The molecule has 0 spiro atoms. The number of nitrogens with one attached hydrogen (secondary N) is 1. The number of amides is 2. The summed E-state index contributed by atoms with van der Waals surface area (Å²) in [7, 11) is 0. The summed E-state index contributed by atoms with van der Waals surface area (Å²) in [5, 5.41) is 2.94. The SMILES string of the molecule is CSCc1ccc(C(=O)NCc2ccc(N3CCCC3=O)cc2)cc1. The van der Waals surface area contributed by atoms with Gasteiger partial charge in [-0.25, -0.2) is 0 Å². The van der Waals surface area contributed by atoms with E-state index < -0.39 is 0 Å². The van der Waals surface area contributed by atoms with Crippen LogP contribution in [0, 0.1) is 0 Å². The van der Waals surface area contributed by atoms with Crippen LogP contribution in [0.25, 0.3) is 0 Å². The van der Waals surface area contributed by atoms with E-state index >= 15 is 0 Å². The summed E-state index contributed by atoms with van der Waals surface area (Å²) in [4.78, 5) is 25.8. The topological polar surface area (TPSA) is 49.4 Å². The minimum atomic E-state index is -0.0745. The number of carbonyl (C=O) groups is 2. The van der Waals surface area contributed by atoms with Gasteiger partial charge in [0.15, 0.2) is 0 Å². The van der Waals surface area contributed by atoms with Gasteiger partial charge in [0.1, 0.15) is 0 Å². The van der Waals surface area contributed by atoms with Crippen LogP contribution in [0.5, 0.6) is 0 Å². The molecule has 1 heterocycles. The van der Waals surface area contributed by atoms with Crippen molar-refractivity contribution in [3.63, 3.8) is 0 Å². The van der Waals surface area contributed by atoms with Gasteiger partial charge in [0.05, 0.1) is 0 Å². The predicted molar refractivity (Wildman–Crippen MR) is 103 cm³/mol. The molecule has 0 saturated carbocycles. The lowest BCUT2D eigenvalue weighted by Gasteiger charge is -2.16. The fourth-order valence-electron chi connectivity index (χ4n) is 2.92. The van der Waals surface area contributed by atoms with Crippen molar-refractivity contribution in [3.8, 4) is 0 Å². The zero-order valence-electron chi connectivity index (χ0n) is 14.3. The third kappa shape index (κ3) is 4.42. The molecule has 0 radical (unpaired) electrons. The van der Waals surface area contributed by atoms with Gasteiger partial charge in [0.25, 0.3) is 5.91 Å². The summed E-state index contributed by atoms with van der Waals surface area (Å²) in [6.45, 7) is 1.26. The van der Waals surface area contributed by atoms with Gasteiger partial charge in [-0.1, -0.05) is 24.3 Å². The Kier molecular flexibility index (Phi) is 5.76.